The van der Waals surface area contributed by atoms with Gasteiger partial charge in [0, 0.05) is 18.2 Å². The number of nitrogens with two attached hydrogens (primary N) is 1. The summed E-state index contributed by atoms with van der Waals surface area (Å²) in [5.41, 5.74) is 3.22. The first-order valence-electron chi connectivity index (χ1n) is 7.82. The number of benzene rings is 2. The molecule has 0 radical (unpaired) electrons. The Morgan fingerprint density at radius 3 is 2.46 bits per heavy atom. The molecular weight excluding hydrogens is 400 g/mol. The van der Waals surface area contributed by atoms with E-state index in [9.17, 15) is 26.0 Å². The number of alkyl halides is 3. The number of nitrogens with one attached hydrogen (secondary N) is 1. The molecule has 0 saturated heterocycles. The zero-order valence-corrected chi connectivity index (χ0v) is 15.2. The first kappa shape index (κ1) is 19.8. The number of sulfone groups is 1. The van der Waals surface area contributed by atoms with Crippen LogP contribution < -0.4 is 5.73 Å². The summed E-state index contributed by atoms with van der Waals surface area (Å²) in [6, 6.07) is 6.46. The zero-order valence-electron chi connectivity index (χ0n) is 14.4. The quantitative estimate of drug-likeness (QED) is 0.639. The van der Waals surface area contributed by atoms with Crippen molar-refractivity contribution in [2.24, 2.45) is 0 Å². The van der Waals surface area contributed by atoms with Crippen LogP contribution in [-0.4, -0.2) is 29.9 Å². The SMILES string of the molecule is CS(=O)(=O)c1cccc(-c2c(F)cc(Cc3nc(N)n[nH]3)cc2C(F)(F)F)c1. The molecule has 0 atom stereocenters. The summed E-state index contributed by atoms with van der Waals surface area (Å²) < 4.78 is 79.0. The van der Waals surface area contributed by atoms with Gasteiger partial charge in [-0.1, -0.05) is 12.1 Å². The van der Waals surface area contributed by atoms with Crippen LogP contribution in [0.3, 0.4) is 0 Å². The number of rotatable bonds is 4. The van der Waals surface area contributed by atoms with Crippen molar-refractivity contribution in [3.05, 3.63) is 59.2 Å². The Morgan fingerprint density at radius 1 is 1.18 bits per heavy atom. The molecule has 0 aliphatic heterocycles. The van der Waals surface area contributed by atoms with Gasteiger partial charge < -0.3 is 5.73 Å². The number of hydrogen-bond acceptors (Lipinski definition) is 5. The number of halogens is 4. The summed E-state index contributed by atoms with van der Waals surface area (Å²) in [4.78, 5) is 3.58. The number of H-pyrrole nitrogens is 1. The van der Waals surface area contributed by atoms with Crippen molar-refractivity contribution in [1.82, 2.24) is 15.2 Å². The van der Waals surface area contributed by atoms with Crippen LogP contribution in [0.5, 0.6) is 0 Å². The molecule has 0 aliphatic carbocycles. The molecule has 0 spiro atoms. The van der Waals surface area contributed by atoms with Gasteiger partial charge in [0.2, 0.25) is 5.95 Å². The monoisotopic (exact) mass is 414 g/mol. The lowest BCUT2D eigenvalue weighted by atomic mass is 9.95. The predicted molar refractivity (Wildman–Crippen MR) is 93.5 cm³/mol. The van der Waals surface area contributed by atoms with Crippen molar-refractivity contribution in [2.45, 2.75) is 17.5 Å². The van der Waals surface area contributed by atoms with Crippen molar-refractivity contribution in [3.63, 3.8) is 0 Å². The lowest BCUT2D eigenvalue weighted by Gasteiger charge is -2.16. The van der Waals surface area contributed by atoms with Gasteiger partial charge in [-0.15, -0.1) is 5.10 Å². The maximum absolute atomic E-state index is 14.7. The van der Waals surface area contributed by atoms with Gasteiger partial charge in [0.05, 0.1) is 10.5 Å². The zero-order chi connectivity index (χ0) is 20.7. The molecule has 1 aromatic heterocycles. The summed E-state index contributed by atoms with van der Waals surface area (Å²) in [6.07, 6.45) is -4.10. The molecule has 0 saturated carbocycles. The smallest absolute Gasteiger partial charge is 0.367 e. The van der Waals surface area contributed by atoms with Gasteiger partial charge in [-0.05, 0) is 35.4 Å². The molecule has 3 aromatic rings. The highest BCUT2D eigenvalue weighted by Gasteiger charge is 2.36. The van der Waals surface area contributed by atoms with Crippen LogP contribution in [0.2, 0.25) is 0 Å². The van der Waals surface area contributed by atoms with Crippen LogP contribution >= 0.6 is 0 Å². The average molecular weight is 414 g/mol. The van der Waals surface area contributed by atoms with E-state index < -0.39 is 33.0 Å². The molecule has 0 bridgehead atoms. The lowest BCUT2D eigenvalue weighted by Crippen LogP contribution is -2.10. The van der Waals surface area contributed by atoms with Crippen LogP contribution in [0.1, 0.15) is 17.0 Å². The van der Waals surface area contributed by atoms with Gasteiger partial charge in [-0.3, -0.25) is 5.10 Å². The highest BCUT2D eigenvalue weighted by Crippen LogP contribution is 2.40. The fraction of sp³-hybridized carbons (Fsp3) is 0.176. The van der Waals surface area contributed by atoms with Crippen LogP contribution in [0, 0.1) is 5.82 Å². The minimum atomic E-state index is -4.87. The molecule has 148 valence electrons. The van der Waals surface area contributed by atoms with E-state index in [2.05, 4.69) is 15.2 Å². The number of anilines is 1. The van der Waals surface area contributed by atoms with Gasteiger partial charge in [-0.2, -0.15) is 18.2 Å². The Hall–Kier alpha value is -2.95. The molecule has 0 unspecified atom stereocenters. The molecule has 0 aliphatic rings. The Morgan fingerprint density at radius 2 is 1.89 bits per heavy atom. The number of hydrogen-bond donors (Lipinski definition) is 2. The van der Waals surface area contributed by atoms with Crippen LogP contribution in [0.15, 0.2) is 41.3 Å². The minimum absolute atomic E-state index is 0.00370. The fourth-order valence-corrected chi connectivity index (χ4v) is 3.41. The third-order valence-corrected chi connectivity index (χ3v) is 5.04. The van der Waals surface area contributed by atoms with Crippen molar-refractivity contribution < 1.29 is 26.0 Å². The third-order valence-electron chi connectivity index (χ3n) is 3.93. The molecule has 1 heterocycles. The Labute approximate surface area is 157 Å². The van der Waals surface area contributed by atoms with E-state index in [1.165, 1.54) is 18.2 Å². The number of nitrogen functional groups attached to an aromatic ring is 1. The largest absolute Gasteiger partial charge is 0.417 e. The van der Waals surface area contributed by atoms with E-state index in [4.69, 9.17) is 5.73 Å². The number of aromatic amines is 1. The van der Waals surface area contributed by atoms with E-state index in [-0.39, 0.29) is 34.2 Å². The minimum Gasteiger partial charge on any atom is -0.367 e. The van der Waals surface area contributed by atoms with E-state index in [1.54, 1.807) is 0 Å². The van der Waals surface area contributed by atoms with E-state index in [0.717, 1.165) is 24.5 Å². The van der Waals surface area contributed by atoms with Crippen LogP contribution in [0.25, 0.3) is 11.1 Å². The molecule has 11 heteroatoms. The standard InChI is InChI=1S/C17H14F4N4O2S/c1-28(26,27)11-4-2-3-10(8-11)15-12(17(19,20)21)5-9(6-13(15)18)7-14-23-16(22)25-24-14/h2-6,8H,7H2,1H3,(H3,22,23,24,25). The van der Waals surface area contributed by atoms with E-state index in [0.29, 0.717) is 0 Å². The summed E-state index contributed by atoms with van der Waals surface area (Å²) in [7, 11) is -3.68. The predicted octanol–water partition coefficient (Wildman–Crippen LogP) is 3.21. The maximum atomic E-state index is 14.7. The highest BCUT2D eigenvalue weighted by atomic mass is 32.2. The van der Waals surface area contributed by atoms with Crippen molar-refractivity contribution in [1.29, 1.82) is 0 Å². The van der Waals surface area contributed by atoms with Gasteiger partial charge >= 0.3 is 6.18 Å². The third kappa shape index (κ3) is 4.14. The highest BCUT2D eigenvalue weighted by molar-refractivity contribution is 7.90. The second-order valence-corrected chi connectivity index (χ2v) is 8.13. The summed E-state index contributed by atoms with van der Waals surface area (Å²) in [5, 5.41) is 6.02. The van der Waals surface area contributed by atoms with Gasteiger partial charge in [0.1, 0.15) is 11.6 Å². The number of nitrogens with zero attached hydrogens (tertiary/aromatic N) is 2. The van der Waals surface area contributed by atoms with E-state index in [1.807, 2.05) is 0 Å². The normalized spacial score (nSPS) is 12.3. The first-order chi connectivity index (χ1) is 12.9. The second-order valence-electron chi connectivity index (χ2n) is 6.12. The molecule has 3 N–H and O–H groups in total. The molecule has 6 nitrogen and oxygen atoms in total. The summed E-state index contributed by atoms with van der Waals surface area (Å²) in [6.45, 7) is 0. The van der Waals surface area contributed by atoms with E-state index >= 15 is 0 Å². The van der Waals surface area contributed by atoms with Crippen molar-refractivity contribution in [3.8, 4) is 11.1 Å². The molecule has 0 amide bonds. The molecule has 3 rings (SSSR count). The topological polar surface area (TPSA) is 102 Å². The maximum Gasteiger partial charge on any atom is 0.417 e. The first-order valence-corrected chi connectivity index (χ1v) is 9.71. The van der Waals surface area contributed by atoms with Crippen LogP contribution in [-0.2, 0) is 22.4 Å². The van der Waals surface area contributed by atoms with Crippen molar-refractivity contribution in [2.75, 3.05) is 12.0 Å². The Balaban J connectivity index is 2.16. The van der Waals surface area contributed by atoms with Gasteiger partial charge in [-0.25, -0.2) is 12.8 Å². The van der Waals surface area contributed by atoms with Crippen LogP contribution in [0.4, 0.5) is 23.5 Å². The average Bonchev–Trinajstić information content (AvgIpc) is 2.97. The number of aromatic nitrogens is 3. The molecule has 2 aromatic carbocycles. The second kappa shape index (κ2) is 6.89. The molecule has 0 fully saturated rings. The molecule has 28 heavy (non-hydrogen) atoms. The van der Waals surface area contributed by atoms with Gasteiger partial charge in [0.15, 0.2) is 9.84 Å². The van der Waals surface area contributed by atoms with Gasteiger partial charge in [0.25, 0.3) is 0 Å². The molecular formula is C17H14F4N4O2S. The fourth-order valence-electron chi connectivity index (χ4n) is 2.75. The summed E-state index contributed by atoms with van der Waals surface area (Å²) >= 11 is 0. The van der Waals surface area contributed by atoms with Crippen molar-refractivity contribution >= 4 is 15.8 Å². The Kier molecular flexibility index (Phi) is 4.88. The Bertz CT molecular complexity index is 1140. The summed E-state index contributed by atoms with van der Waals surface area (Å²) in [5.74, 6) is -1.04. The lowest BCUT2D eigenvalue weighted by molar-refractivity contribution is -0.137.